The fourth-order valence-electron chi connectivity index (χ4n) is 3.13. The molecule has 1 unspecified atom stereocenters. The number of nitrogens with zero attached hydrogens (tertiary/aromatic N) is 5. The van der Waals surface area contributed by atoms with Crippen LogP contribution in [0.4, 0.5) is 0 Å². The summed E-state index contributed by atoms with van der Waals surface area (Å²) in [5, 5.41) is 9.56. The van der Waals surface area contributed by atoms with E-state index < -0.39 is 5.54 Å². The maximum Gasteiger partial charge on any atom is 0.258 e. The lowest BCUT2D eigenvalue weighted by molar-refractivity contribution is 0.229. The lowest BCUT2D eigenvalue weighted by atomic mass is 9.77. The Labute approximate surface area is 140 Å². The van der Waals surface area contributed by atoms with E-state index >= 15 is 0 Å². The van der Waals surface area contributed by atoms with Gasteiger partial charge in [0.15, 0.2) is 11.5 Å². The van der Waals surface area contributed by atoms with Crippen LogP contribution in [0.15, 0.2) is 16.8 Å². The number of nitrogens with two attached hydrogens (primary N) is 1. The van der Waals surface area contributed by atoms with Crippen LogP contribution in [-0.2, 0) is 5.54 Å². The topological polar surface area (TPSA) is 95.7 Å². The van der Waals surface area contributed by atoms with Gasteiger partial charge in [0, 0.05) is 5.69 Å². The highest BCUT2D eigenvalue weighted by Crippen LogP contribution is 2.38. The molecule has 0 aromatic carbocycles. The quantitative estimate of drug-likeness (QED) is 0.791. The number of aryl methyl sites for hydroxylation is 1. The molecule has 7 nitrogen and oxygen atoms in total. The van der Waals surface area contributed by atoms with Gasteiger partial charge >= 0.3 is 0 Å². The first-order valence-corrected chi connectivity index (χ1v) is 8.50. The van der Waals surface area contributed by atoms with Crippen LogP contribution in [0.25, 0.3) is 22.5 Å². The fourth-order valence-corrected chi connectivity index (χ4v) is 3.13. The molecule has 0 bridgehead atoms. The Morgan fingerprint density at radius 2 is 2.17 bits per heavy atom. The predicted octanol–water partition coefficient (Wildman–Crippen LogP) is 3.10. The first kappa shape index (κ1) is 15.3. The summed E-state index contributed by atoms with van der Waals surface area (Å²) in [5.41, 5.74) is 8.50. The van der Waals surface area contributed by atoms with Crippen molar-refractivity contribution >= 4 is 11.0 Å². The van der Waals surface area contributed by atoms with E-state index in [0.717, 1.165) is 48.0 Å². The van der Waals surface area contributed by atoms with Crippen molar-refractivity contribution in [2.45, 2.75) is 58.0 Å². The molecule has 126 valence electrons. The van der Waals surface area contributed by atoms with E-state index in [4.69, 9.17) is 10.3 Å². The molecule has 1 aliphatic rings. The zero-order valence-electron chi connectivity index (χ0n) is 14.3. The lowest BCUT2D eigenvalue weighted by Gasteiger charge is -2.34. The van der Waals surface area contributed by atoms with Gasteiger partial charge in [-0.3, -0.25) is 0 Å². The average molecular weight is 326 g/mol. The van der Waals surface area contributed by atoms with E-state index in [2.05, 4.69) is 34.1 Å². The van der Waals surface area contributed by atoms with Gasteiger partial charge in [0.2, 0.25) is 0 Å². The standard InChI is InChI=1S/C17H22N6O/c1-4-11(3)23-14-13(9-19-23)12(8-10(2)20-14)15-21-16(22-24-15)17(18)6-5-7-17/h8-9,11H,4-7,18H2,1-3H3. The summed E-state index contributed by atoms with van der Waals surface area (Å²) < 4.78 is 7.48. The van der Waals surface area contributed by atoms with Crippen LogP contribution < -0.4 is 5.73 Å². The summed E-state index contributed by atoms with van der Waals surface area (Å²) in [4.78, 5) is 9.23. The smallest absolute Gasteiger partial charge is 0.258 e. The molecule has 7 heteroatoms. The van der Waals surface area contributed by atoms with Crippen LogP contribution in [-0.4, -0.2) is 24.9 Å². The minimum absolute atomic E-state index is 0.283. The average Bonchev–Trinajstić information content (AvgIpc) is 3.18. The van der Waals surface area contributed by atoms with Crippen molar-refractivity contribution in [3.63, 3.8) is 0 Å². The van der Waals surface area contributed by atoms with Gasteiger partial charge in [-0.05, 0) is 45.6 Å². The molecule has 24 heavy (non-hydrogen) atoms. The molecule has 1 aliphatic carbocycles. The second-order valence-electron chi connectivity index (χ2n) is 6.83. The number of hydrogen-bond acceptors (Lipinski definition) is 6. The van der Waals surface area contributed by atoms with Gasteiger partial charge in [-0.1, -0.05) is 12.1 Å². The second-order valence-corrected chi connectivity index (χ2v) is 6.83. The highest BCUT2D eigenvalue weighted by atomic mass is 16.5. The van der Waals surface area contributed by atoms with E-state index in [0.29, 0.717) is 11.7 Å². The SMILES string of the molecule is CCC(C)n1ncc2c(-c3nc(C4(N)CCC4)no3)cc(C)nc21. The number of hydrogen-bond donors (Lipinski definition) is 1. The molecule has 2 N–H and O–H groups in total. The first-order chi connectivity index (χ1) is 11.5. The lowest BCUT2D eigenvalue weighted by Crippen LogP contribution is -2.44. The largest absolute Gasteiger partial charge is 0.334 e. The van der Waals surface area contributed by atoms with Crippen molar-refractivity contribution in [1.29, 1.82) is 0 Å². The Hall–Kier alpha value is -2.28. The third kappa shape index (κ3) is 2.23. The van der Waals surface area contributed by atoms with Gasteiger partial charge in [0.1, 0.15) is 0 Å². The molecule has 4 rings (SSSR count). The van der Waals surface area contributed by atoms with Gasteiger partial charge in [0.05, 0.1) is 28.7 Å². The number of pyridine rings is 1. The van der Waals surface area contributed by atoms with Crippen molar-refractivity contribution in [2.75, 3.05) is 0 Å². The number of rotatable bonds is 4. The zero-order chi connectivity index (χ0) is 16.9. The predicted molar refractivity (Wildman–Crippen MR) is 90.3 cm³/mol. The second kappa shape index (κ2) is 5.37. The molecule has 0 amide bonds. The van der Waals surface area contributed by atoms with Crippen LogP contribution in [0.3, 0.4) is 0 Å². The summed E-state index contributed by atoms with van der Waals surface area (Å²) in [5.74, 6) is 1.08. The van der Waals surface area contributed by atoms with Crippen LogP contribution in [0.2, 0.25) is 0 Å². The minimum Gasteiger partial charge on any atom is -0.334 e. The maximum atomic E-state index is 6.31. The summed E-state index contributed by atoms with van der Waals surface area (Å²) in [6, 6.07) is 2.25. The minimum atomic E-state index is -0.427. The van der Waals surface area contributed by atoms with Crippen LogP contribution >= 0.6 is 0 Å². The molecule has 3 aromatic heterocycles. The van der Waals surface area contributed by atoms with Crippen molar-refractivity contribution < 1.29 is 4.52 Å². The van der Waals surface area contributed by atoms with Crippen LogP contribution in [0, 0.1) is 6.92 Å². The van der Waals surface area contributed by atoms with Crippen LogP contribution in [0.5, 0.6) is 0 Å². The highest BCUT2D eigenvalue weighted by Gasteiger charge is 2.39. The molecule has 1 saturated carbocycles. The Kier molecular flexibility index (Phi) is 3.42. The van der Waals surface area contributed by atoms with Gasteiger partial charge in [0.25, 0.3) is 5.89 Å². The summed E-state index contributed by atoms with van der Waals surface area (Å²) in [6.07, 6.45) is 5.74. The Balaban J connectivity index is 1.83. The molecule has 0 radical (unpaired) electrons. The molecule has 1 fully saturated rings. The van der Waals surface area contributed by atoms with E-state index in [1.54, 1.807) is 0 Å². The Morgan fingerprint density at radius 1 is 1.38 bits per heavy atom. The van der Waals surface area contributed by atoms with E-state index in [1.165, 1.54) is 0 Å². The highest BCUT2D eigenvalue weighted by molar-refractivity contribution is 5.90. The Morgan fingerprint density at radius 3 is 2.83 bits per heavy atom. The molecule has 0 spiro atoms. The van der Waals surface area contributed by atoms with Gasteiger partial charge in [-0.15, -0.1) is 0 Å². The van der Waals surface area contributed by atoms with Gasteiger partial charge in [-0.2, -0.15) is 10.1 Å². The van der Waals surface area contributed by atoms with Gasteiger partial charge in [-0.25, -0.2) is 9.67 Å². The molecular formula is C17H22N6O. The van der Waals surface area contributed by atoms with Crippen molar-refractivity contribution in [3.8, 4) is 11.5 Å². The fraction of sp³-hybridized carbons (Fsp3) is 0.529. The molecular weight excluding hydrogens is 304 g/mol. The molecule has 3 heterocycles. The van der Waals surface area contributed by atoms with Gasteiger partial charge < -0.3 is 10.3 Å². The zero-order valence-corrected chi connectivity index (χ0v) is 14.3. The summed E-state index contributed by atoms with van der Waals surface area (Å²) in [6.45, 7) is 6.23. The molecule has 0 aliphatic heterocycles. The Bertz CT molecular complexity index is 892. The van der Waals surface area contributed by atoms with Crippen molar-refractivity contribution in [3.05, 3.63) is 23.8 Å². The normalized spacial score (nSPS) is 17.8. The van der Waals surface area contributed by atoms with E-state index in [1.807, 2.05) is 23.9 Å². The first-order valence-electron chi connectivity index (χ1n) is 8.50. The summed E-state index contributed by atoms with van der Waals surface area (Å²) >= 11 is 0. The molecule has 1 atom stereocenters. The summed E-state index contributed by atoms with van der Waals surface area (Å²) in [7, 11) is 0. The van der Waals surface area contributed by atoms with E-state index in [9.17, 15) is 0 Å². The van der Waals surface area contributed by atoms with Crippen LogP contribution in [0.1, 0.15) is 57.1 Å². The van der Waals surface area contributed by atoms with E-state index in [-0.39, 0.29) is 6.04 Å². The molecule has 3 aromatic rings. The third-order valence-corrected chi connectivity index (χ3v) is 5.05. The number of fused-ring (bicyclic) bond motifs is 1. The third-order valence-electron chi connectivity index (χ3n) is 5.05. The monoisotopic (exact) mass is 326 g/mol. The molecule has 0 saturated heterocycles. The number of aromatic nitrogens is 5. The van der Waals surface area contributed by atoms with Crippen molar-refractivity contribution in [2.24, 2.45) is 5.73 Å². The maximum absolute atomic E-state index is 6.31. The van der Waals surface area contributed by atoms with Crippen molar-refractivity contribution in [1.82, 2.24) is 24.9 Å².